The van der Waals surface area contributed by atoms with Gasteiger partial charge in [0.05, 0.1) is 11.1 Å². The summed E-state index contributed by atoms with van der Waals surface area (Å²) in [5.74, 6) is 0. The Bertz CT molecular complexity index is 916. The van der Waals surface area contributed by atoms with E-state index in [4.69, 9.17) is 0 Å². The summed E-state index contributed by atoms with van der Waals surface area (Å²) in [4.78, 5) is 5.97. The number of nitrogens with zero attached hydrogens (tertiary/aromatic N) is 2. The molecule has 4 heteroatoms. The molecule has 0 bridgehead atoms. The number of rotatable bonds is 3. The fourth-order valence-corrected chi connectivity index (χ4v) is 5.05. The van der Waals surface area contributed by atoms with Crippen LogP contribution in [0.1, 0.15) is 12.5 Å². The number of anilines is 2. The number of allylic oxidation sites excluding steroid dienone is 4. The predicted octanol–water partition coefficient (Wildman–Crippen LogP) is 6.31. The van der Waals surface area contributed by atoms with Gasteiger partial charge in [-0.15, -0.1) is 0 Å². The van der Waals surface area contributed by atoms with Gasteiger partial charge >= 0.3 is 0 Å². The van der Waals surface area contributed by atoms with Gasteiger partial charge in [-0.2, -0.15) is 0 Å². The molecule has 1 atom stereocenters. The van der Waals surface area contributed by atoms with Crippen LogP contribution in [-0.2, 0) is 0 Å². The Labute approximate surface area is 168 Å². The van der Waals surface area contributed by atoms with Crippen molar-refractivity contribution in [2.24, 2.45) is 0 Å². The Balaban J connectivity index is 1.58. The van der Waals surface area contributed by atoms with Crippen LogP contribution in [-0.4, -0.2) is 19.0 Å². The predicted molar refractivity (Wildman–Crippen MR) is 118 cm³/mol. The van der Waals surface area contributed by atoms with Gasteiger partial charge < -0.3 is 9.80 Å². The summed E-state index contributed by atoms with van der Waals surface area (Å²) in [6, 6.07) is 15.1. The first kappa shape index (κ1) is 17.5. The average Bonchev–Trinajstić information content (AvgIpc) is 3.01. The highest BCUT2D eigenvalue weighted by Gasteiger charge is 2.26. The molecule has 4 rings (SSSR count). The van der Waals surface area contributed by atoms with E-state index in [0.29, 0.717) is 5.37 Å². The minimum Gasteiger partial charge on any atom is -0.355 e. The zero-order valence-corrected chi connectivity index (χ0v) is 17.3. The van der Waals surface area contributed by atoms with E-state index >= 15 is 0 Å². The Hall–Kier alpha value is -1.91. The highest BCUT2D eigenvalue weighted by Crippen LogP contribution is 2.43. The Kier molecular flexibility index (Phi) is 4.96. The molecule has 2 aliphatic rings. The summed E-state index contributed by atoms with van der Waals surface area (Å²) in [5.41, 5.74) is 5.07. The average molecular weight is 425 g/mol. The molecule has 0 spiro atoms. The number of thioether (sulfide) groups is 1. The highest BCUT2D eigenvalue weighted by atomic mass is 79.9. The number of hydrogen-bond donors (Lipinski definition) is 0. The topological polar surface area (TPSA) is 6.48 Å². The monoisotopic (exact) mass is 424 g/mol. The third-order valence-corrected chi connectivity index (χ3v) is 6.50. The van der Waals surface area contributed by atoms with Gasteiger partial charge in [-0.25, -0.2) is 0 Å². The van der Waals surface area contributed by atoms with E-state index in [1.165, 1.54) is 27.4 Å². The highest BCUT2D eigenvalue weighted by molar-refractivity contribution is 9.10. The lowest BCUT2D eigenvalue weighted by Crippen LogP contribution is -2.27. The first-order valence-corrected chi connectivity index (χ1v) is 10.5. The second-order valence-electron chi connectivity index (χ2n) is 6.36. The first-order chi connectivity index (χ1) is 12.7. The van der Waals surface area contributed by atoms with Gasteiger partial charge in [0.15, 0.2) is 0 Å². The SMILES string of the molecule is CCN1c2ccccc2SC1/C=C/C=C1\C=CN(C)c2cc(Br)ccc21. The molecule has 0 saturated carbocycles. The van der Waals surface area contributed by atoms with Crippen molar-refractivity contribution in [1.29, 1.82) is 0 Å². The van der Waals surface area contributed by atoms with Gasteiger partial charge in [0.2, 0.25) is 0 Å². The maximum Gasteiger partial charge on any atom is 0.0985 e. The normalized spacial score (nSPS) is 20.1. The molecule has 2 nitrogen and oxygen atoms in total. The number of halogens is 1. The molecule has 132 valence electrons. The maximum atomic E-state index is 3.57. The van der Waals surface area contributed by atoms with E-state index in [0.717, 1.165) is 11.0 Å². The molecule has 2 heterocycles. The maximum absolute atomic E-state index is 3.57. The number of benzene rings is 2. The van der Waals surface area contributed by atoms with Gasteiger partial charge in [-0.1, -0.05) is 64.1 Å². The van der Waals surface area contributed by atoms with Crippen LogP contribution >= 0.6 is 27.7 Å². The number of para-hydroxylation sites is 1. The molecule has 2 aromatic rings. The first-order valence-electron chi connectivity index (χ1n) is 8.79. The fraction of sp³-hybridized carbons (Fsp3) is 0.182. The lowest BCUT2D eigenvalue weighted by molar-refractivity contribution is 0.878. The molecule has 0 aromatic heterocycles. The number of fused-ring (bicyclic) bond motifs is 2. The molecule has 1 unspecified atom stereocenters. The second kappa shape index (κ2) is 7.37. The van der Waals surface area contributed by atoms with Crippen LogP contribution in [0.4, 0.5) is 11.4 Å². The Morgan fingerprint density at radius 3 is 2.85 bits per heavy atom. The second-order valence-corrected chi connectivity index (χ2v) is 8.43. The summed E-state index contributed by atoms with van der Waals surface area (Å²) in [7, 11) is 2.08. The summed E-state index contributed by atoms with van der Waals surface area (Å²) in [5, 5.41) is 0.355. The van der Waals surface area contributed by atoms with Crippen LogP contribution in [0.3, 0.4) is 0 Å². The Morgan fingerprint density at radius 1 is 1.15 bits per heavy atom. The van der Waals surface area contributed by atoms with E-state index in [2.05, 4.69) is 113 Å². The fourth-order valence-electron chi connectivity index (χ4n) is 3.42. The van der Waals surface area contributed by atoms with Crippen LogP contribution in [0, 0.1) is 0 Å². The molecular weight excluding hydrogens is 404 g/mol. The lowest BCUT2D eigenvalue weighted by atomic mass is 10.00. The van der Waals surface area contributed by atoms with Gasteiger partial charge in [0.25, 0.3) is 0 Å². The van der Waals surface area contributed by atoms with Crippen LogP contribution < -0.4 is 9.80 Å². The van der Waals surface area contributed by atoms with Crippen molar-refractivity contribution in [2.45, 2.75) is 17.2 Å². The standard InChI is InChI=1S/C22H21BrN2S/c1-3-25-19-8-4-5-9-21(19)26-22(25)10-6-7-16-13-14-24(2)20-15-17(23)11-12-18(16)20/h4-15,22H,3H2,1-2H3/b10-6+,16-7+. The molecule has 0 aliphatic carbocycles. The molecule has 2 aromatic carbocycles. The summed E-state index contributed by atoms with van der Waals surface area (Å²) < 4.78 is 1.10. The van der Waals surface area contributed by atoms with Crippen molar-refractivity contribution >= 4 is 44.6 Å². The molecular formula is C22H21BrN2S. The van der Waals surface area contributed by atoms with Crippen LogP contribution in [0.2, 0.25) is 0 Å². The van der Waals surface area contributed by atoms with Crippen molar-refractivity contribution in [3.05, 3.63) is 83.0 Å². The molecule has 26 heavy (non-hydrogen) atoms. The van der Waals surface area contributed by atoms with Gasteiger partial charge in [0.1, 0.15) is 0 Å². The number of likely N-dealkylation sites (N-methyl/N-ethyl adjacent to an activating group) is 1. The van der Waals surface area contributed by atoms with Crippen molar-refractivity contribution in [1.82, 2.24) is 0 Å². The molecule has 0 N–H and O–H groups in total. The van der Waals surface area contributed by atoms with Gasteiger partial charge in [-0.3, -0.25) is 0 Å². The van der Waals surface area contributed by atoms with E-state index in [1.807, 2.05) is 11.8 Å². The Morgan fingerprint density at radius 2 is 2.00 bits per heavy atom. The molecule has 0 radical (unpaired) electrons. The van der Waals surface area contributed by atoms with Gasteiger partial charge in [0, 0.05) is 40.4 Å². The minimum absolute atomic E-state index is 0.355. The van der Waals surface area contributed by atoms with E-state index < -0.39 is 0 Å². The summed E-state index contributed by atoms with van der Waals surface area (Å²) in [6.45, 7) is 3.23. The molecule has 0 amide bonds. The van der Waals surface area contributed by atoms with Gasteiger partial charge in [-0.05, 0) is 42.8 Å². The summed E-state index contributed by atoms with van der Waals surface area (Å²) >= 11 is 5.49. The third kappa shape index (κ3) is 3.24. The third-order valence-electron chi connectivity index (χ3n) is 4.75. The van der Waals surface area contributed by atoms with E-state index in [-0.39, 0.29) is 0 Å². The molecule has 2 aliphatic heterocycles. The van der Waals surface area contributed by atoms with Crippen LogP contribution in [0.25, 0.3) is 5.57 Å². The zero-order chi connectivity index (χ0) is 18.1. The van der Waals surface area contributed by atoms with Crippen molar-refractivity contribution in [3.63, 3.8) is 0 Å². The smallest absolute Gasteiger partial charge is 0.0985 e. The molecule has 0 saturated heterocycles. The van der Waals surface area contributed by atoms with Crippen LogP contribution in [0.15, 0.2) is 82.3 Å². The zero-order valence-electron chi connectivity index (χ0n) is 14.9. The summed E-state index contributed by atoms with van der Waals surface area (Å²) in [6.07, 6.45) is 11.0. The van der Waals surface area contributed by atoms with E-state index in [1.54, 1.807) is 0 Å². The van der Waals surface area contributed by atoms with Crippen molar-refractivity contribution in [3.8, 4) is 0 Å². The largest absolute Gasteiger partial charge is 0.355 e. The quantitative estimate of drug-likeness (QED) is 0.569. The number of hydrogen-bond acceptors (Lipinski definition) is 3. The lowest BCUT2D eigenvalue weighted by Gasteiger charge is -2.24. The minimum atomic E-state index is 0.355. The van der Waals surface area contributed by atoms with E-state index in [9.17, 15) is 0 Å². The molecule has 0 fully saturated rings. The van der Waals surface area contributed by atoms with Crippen molar-refractivity contribution < 1.29 is 0 Å². The van der Waals surface area contributed by atoms with Crippen molar-refractivity contribution in [2.75, 3.05) is 23.4 Å². The van der Waals surface area contributed by atoms with Crippen LogP contribution in [0.5, 0.6) is 0 Å².